The van der Waals surface area contributed by atoms with Gasteiger partial charge in [0.15, 0.2) is 0 Å². The van der Waals surface area contributed by atoms with Gasteiger partial charge in [-0.2, -0.15) is 0 Å². The van der Waals surface area contributed by atoms with Crippen molar-refractivity contribution in [3.8, 4) is 0 Å². The Morgan fingerprint density at radius 2 is 2.00 bits per heavy atom. The largest absolute Gasteiger partial charge is 1.00 e. The minimum Gasteiger partial charge on any atom is -0.445 e. The fraction of sp³-hybridized carbons (Fsp3) is 0.417. The summed E-state index contributed by atoms with van der Waals surface area (Å²) in [6.45, 7) is 2.62. The molecule has 0 spiro atoms. The van der Waals surface area contributed by atoms with Crippen molar-refractivity contribution in [1.82, 2.24) is 9.88 Å². The first-order valence-corrected chi connectivity index (χ1v) is 5.85. The molecule has 19 heavy (non-hydrogen) atoms. The zero-order chi connectivity index (χ0) is 13.8. The molecule has 0 amide bonds. The zero-order valence-corrected chi connectivity index (χ0v) is 14.8. The monoisotopic (exact) mass is 296 g/mol. The molecule has 0 bridgehead atoms. The van der Waals surface area contributed by atoms with Crippen molar-refractivity contribution in [2.75, 3.05) is 13.1 Å². The van der Waals surface area contributed by atoms with Crippen molar-refractivity contribution in [2.24, 2.45) is 0 Å². The van der Waals surface area contributed by atoms with Gasteiger partial charge < -0.3 is 12.9 Å². The van der Waals surface area contributed by atoms with Crippen LogP contribution in [0.15, 0.2) is 30.3 Å². The fourth-order valence-corrected chi connectivity index (χ4v) is 1.59. The predicted octanol–water partition coefficient (Wildman–Crippen LogP) is 0.159. The van der Waals surface area contributed by atoms with E-state index in [9.17, 15) is 12.9 Å². The molecule has 0 N–H and O–H groups in total. The van der Waals surface area contributed by atoms with Crippen molar-refractivity contribution >= 4 is 6.98 Å². The van der Waals surface area contributed by atoms with Crippen LogP contribution < -0.4 is 51.4 Å². The second-order valence-electron chi connectivity index (χ2n) is 4.31. The summed E-state index contributed by atoms with van der Waals surface area (Å²) in [6.07, 6.45) is 0. The maximum atomic E-state index is 12.5. The molecule has 0 unspecified atom stereocenters. The van der Waals surface area contributed by atoms with Gasteiger partial charge in [-0.15, -0.1) is 12.1 Å². The predicted molar refractivity (Wildman–Crippen MR) is 68.1 cm³/mol. The number of likely N-dealkylation sites (N-methyl/N-ethyl adjacent to an activating group) is 1. The van der Waals surface area contributed by atoms with E-state index >= 15 is 0 Å². The summed E-state index contributed by atoms with van der Waals surface area (Å²) in [5.41, 5.74) is 0.978. The smallest absolute Gasteiger partial charge is 0.445 e. The quantitative estimate of drug-likeness (QED) is 0.695. The van der Waals surface area contributed by atoms with E-state index in [4.69, 9.17) is 0 Å². The average molecular weight is 296 g/mol. The topological polar surface area (TPSA) is 16.1 Å². The number of rotatable bonds is 6. The van der Waals surface area contributed by atoms with Crippen LogP contribution >= 0.6 is 0 Å². The number of aryl methyl sites for hydroxylation is 1. The Balaban J connectivity index is 0.00000324. The molecule has 0 aliphatic carbocycles. The first-order chi connectivity index (χ1) is 8.32. The maximum Gasteiger partial charge on any atom is 1.00 e. The number of hydrogen-bond acceptors (Lipinski definition) is 2. The van der Waals surface area contributed by atoms with Crippen LogP contribution in [0.1, 0.15) is 18.3 Å². The fourth-order valence-electron chi connectivity index (χ4n) is 1.59. The second kappa shape index (κ2) is 8.59. The van der Waals surface area contributed by atoms with Gasteiger partial charge in [-0.3, -0.25) is 9.88 Å². The molecule has 0 saturated heterocycles. The van der Waals surface area contributed by atoms with Crippen LogP contribution in [0.4, 0.5) is 12.9 Å². The van der Waals surface area contributed by atoms with E-state index in [1.807, 2.05) is 32.0 Å². The molecule has 0 atom stereocenters. The second-order valence-corrected chi connectivity index (χ2v) is 4.31. The molecule has 0 aromatic carbocycles. The minimum absolute atomic E-state index is 0. The Morgan fingerprint density at radius 1 is 1.37 bits per heavy atom. The average Bonchev–Trinajstić information content (AvgIpc) is 2.26. The third-order valence-electron chi connectivity index (χ3n) is 2.67. The first-order valence-electron chi connectivity index (χ1n) is 5.85. The third-order valence-corrected chi connectivity index (χ3v) is 2.67. The summed E-state index contributed by atoms with van der Waals surface area (Å²) in [4.78, 5) is 5.96. The van der Waals surface area contributed by atoms with Gasteiger partial charge in [-0.25, -0.2) is 0 Å². The molecule has 2 nitrogen and oxygen atoms in total. The van der Waals surface area contributed by atoms with Crippen LogP contribution in [0.2, 0.25) is 0 Å². The van der Waals surface area contributed by atoms with Crippen molar-refractivity contribution < 1.29 is 64.3 Å². The van der Waals surface area contributed by atoms with Gasteiger partial charge in [-0.1, -0.05) is 13.0 Å². The summed E-state index contributed by atoms with van der Waals surface area (Å²) in [7, 11) is 0. The first kappa shape index (κ1) is 19.3. The van der Waals surface area contributed by atoms with E-state index in [0.717, 1.165) is 11.4 Å². The Morgan fingerprint density at radius 3 is 2.47 bits per heavy atom. The molecule has 100 valence electrons. The van der Waals surface area contributed by atoms with Crippen LogP contribution in [0, 0.1) is 6.92 Å². The molecule has 1 heterocycles. The summed E-state index contributed by atoms with van der Waals surface area (Å²) >= 11 is 0. The van der Waals surface area contributed by atoms with Crippen molar-refractivity contribution in [1.29, 1.82) is 0 Å². The Kier molecular flexibility index (Phi) is 8.74. The molecule has 0 aliphatic rings. The molecule has 1 aromatic rings. The summed E-state index contributed by atoms with van der Waals surface area (Å²) in [5, 5.41) is 0. The number of pyridine rings is 1. The SMILES string of the molecule is C=C(CN(CC)Cc1cccc(C)n1)[B-](F)(F)F.[K+]. The van der Waals surface area contributed by atoms with Crippen molar-refractivity contribution in [3.63, 3.8) is 0 Å². The van der Waals surface area contributed by atoms with Crippen LogP contribution in [-0.4, -0.2) is 30.0 Å². The van der Waals surface area contributed by atoms with Crippen molar-refractivity contribution in [3.05, 3.63) is 41.6 Å². The van der Waals surface area contributed by atoms with Gasteiger partial charge >= 0.3 is 58.4 Å². The molecule has 7 heteroatoms. The number of nitrogens with zero attached hydrogens (tertiary/aromatic N) is 2. The summed E-state index contributed by atoms with van der Waals surface area (Å²) in [6, 6.07) is 5.53. The van der Waals surface area contributed by atoms with Gasteiger partial charge in [0.1, 0.15) is 0 Å². The van der Waals surface area contributed by atoms with Crippen LogP contribution in [0.5, 0.6) is 0 Å². The number of hydrogen-bond donors (Lipinski definition) is 0. The van der Waals surface area contributed by atoms with E-state index in [2.05, 4.69) is 11.6 Å². The number of aromatic nitrogens is 1. The van der Waals surface area contributed by atoms with Gasteiger partial charge in [0.25, 0.3) is 0 Å². The van der Waals surface area contributed by atoms with E-state index in [1.54, 1.807) is 4.90 Å². The van der Waals surface area contributed by atoms with Crippen LogP contribution in [0.3, 0.4) is 0 Å². The van der Waals surface area contributed by atoms with Gasteiger partial charge in [0.2, 0.25) is 0 Å². The maximum absolute atomic E-state index is 12.5. The van der Waals surface area contributed by atoms with E-state index in [0.29, 0.717) is 13.1 Å². The summed E-state index contributed by atoms with van der Waals surface area (Å²) < 4.78 is 37.4. The Labute approximate surface area is 155 Å². The zero-order valence-electron chi connectivity index (χ0n) is 11.7. The van der Waals surface area contributed by atoms with E-state index in [-0.39, 0.29) is 57.9 Å². The number of halogens is 3. The van der Waals surface area contributed by atoms with Crippen LogP contribution in [-0.2, 0) is 6.54 Å². The van der Waals surface area contributed by atoms with Crippen molar-refractivity contribution in [2.45, 2.75) is 20.4 Å². The molecule has 0 aliphatic heterocycles. The Hall–Kier alpha value is 0.341. The van der Waals surface area contributed by atoms with Gasteiger partial charge in [0.05, 0.1) is 5.69 Å². The molecule has 0 radical (unpaired) electrons. The third kappa shape index (κ3) is 7.06. The summed E-state index contributed by atoms with van der Waals surface area (Å²) in [5.74, 6) is 0. The molecular formula is C12H17BF3KN2. The van der Waals surface area contributed by atoms with Crippen LogP contribution in [0.25, 0.3) is 0 Å². The standard InChI is InChI=1S/C12H17BF3N2.K/c1-4-18(8-10(2)13(14,15)16)9-12-7-5-6-11(3)17-12;/h5-7H,2,4,8-9H2,1,3H3;/q-1;+1. The molecule has 1 rings (SSSR count). The van der Waals surface area contributed by atoms with E-state index < -0.39 is 12.4 Å². The minimum atomic E-state index is -4.96. The van der Waals surface area contributed by atoms with Gasteiger partial charge in [-0.05, 0) is 32.1 Å². The molecular weight excluding hydrogens is 279 g/mol. The Bertz CT molecular complexity index is 424. The molecule has 1 aromatic heterocycles. The normalized spacial score (nSPS) is 11.3. The van der Waals surface area contributed by atoms with Gasteiger partial charge in [0, 0.05) is 12.2 Å². The molecule has 0 fully saturated rings. The van der Waals surface area contributed by atoms with E-state index in [1.165, 1.54) is 0 Å². The molecule has 0 saturated carbocycles.